The van der Waals surface area contributed by atoms with Gasteiger partial charge in [0.15, 0.2) is 11.4 Å². The molecule has 2 fully saturated rings. The van der Waals surface area contributed by atoms with Crippen molar-refractivity contribution in [3.63, 3.8) is 0 Å². The minimum Gasteiger partial charge on any atom is -0.502 e. The second-order valence-corrected chi connectivity index (χ2v) is 8.74. The number of carbonyl (C=O) groups excluding carboxylic acids is 2. The first-order valence-corrected chi connectivity index (χ1v) is 10.4. The molecule has 2 N–H and O–H groups in total. The first kappa shape index (κ1) is 20.5. The molecule has 168 valence electrons. The van der Waals surface area contributed by atoms with E-state index in [0.29, 0.717) is 12.0 Å². The van der Waals surface area contributed by atoms with Crippen molar-refractivity contribution in [1.82, 2.24) is 14.9 Å². The molecule has 1 aliphatic heterocycles. The predicted octanol–water partition coefficient (Wildman–Crippen LogP) is 1.54. The van der Waals surface area contributed by atoms with Crippen molar-refractivity contribution in [2.75, 3.05) is 19.1 Å². The maximum absolute atomic E-state index is 13.9. The van der Waals surface area contributed by atoms with E-state index in [0.717, 1.165) is 25.3 Å². The summed E-state index contributed by atoms with van der Waals surface area (Å²) in [6, 6.07) is 2.96. The normalized spacial score (nSPS) is 25.7. The molecule has 10 heteroatoms. The highest BCUT2D eigenvalue weighted by Gasteiger charge is 2.65. The van der Waals surface area contributed by atoms with Crippen molar-refractivity contribution >= 4 is 11.8 Å². The minimum absolute atomic E-state index is 0.0423. The van der Waals surface area contributed by atoms with Crippen LogP contribution in [0, 0.1) is 23.5 Å². The number of hydrogen-bond donors (Lipinski definition) is 2. The average Bonchev–Trinajstić information content (AvgIpc) is 3.45. The standard InChI is InChI=1S/C22H22F2N4O4/c1-26-21(32)17-19(30)18(29)14(20(31)25-9-12-3-4-13(23)8-16(12)24)10-28(17)27(2)22(26)6-5-11-7-15(11)22/h3-4,8,10-11,15,30H,5-7,9H2,1-2H3,(H,25,31). The summed E-state index contributed by atoms with van der Waals surface area (Å²) in [5, 5.41) is 14.8. The van der Waals surface area contributed by atoms with Gasteiger partial charge in [-0.15, -0.1) is 0 Å². The molecular weight excluding hydrogens is 422 g/mol. The van der Waals surface area contributed by atoms with Crippen molar-refractivity contribution in [3.8, 4) is 5.75 Å². The summed E-state index contributed by atoms with van der Waals surface area (Å²) in [6.45, 7) is -0.280. The van der Waals surface area contributed by atoms with Crippen molar-refractivity contribution in [2.45, 2.75) is 31.5 Å². The lowest BCUT2D eigenvalue weighted by Crippen LogP contribution is -2.68. The number of amides is 2. The molecule has 2 amide bonds. The zero-order valence-corrected chi connectivity index (χ0v) is 17.6. The van der Waals surface area contributed by atoms with Crippen LogP contribution in [0.2, 0.25) is 0 Å². The molecule has 0 bridgehead atoms. The molecule has 1 spiro atoms. The smallest absolute Gasteiger partial charge is 0.278 e. The Labute approximate surface area is 182 Å². The summed E-state index contributed by atoms with van der Waals surface area (Å²) < 4.78 is 28.3. The lowest BCUT2D eigenvalue weighted by molar-refractivity contribution is 0.0328. The number of pyridine rings is 1. The fourth-order valence-electron chi connectivity index (χ4n) is 5.40. The Bertz CT molecular complexity index is 1230. The summed E-state index contributed by atoms with van der Waals surface area (Å²) in [4.78, 5) is 40.2. The van der Waals surface area contributed by atoms with Crippen molar-refractivity contribution in [3.05, 3.63) is 63.1 Å². The van der Waals surface area contributed by atoms with Crippen LogP contribution >= 0.6 is 0 Å². The molecule has 2 saturated carbocycles. The Hall–Kier alpha value is -3.43. The summed E-state index contributed by atoms with van der Waals surface area (Å²) in [7, 11) is 3.44. The number of nitrogens with one attached hydrogen (secondary N) is 1. The van der Waals surface area contributed by atoms with Gasteiger partial charge in [-0.05, 0) is 31.2 Å². The van der Waals surface area contributed by atoms with E-state index in [2.05, 4.69) is 5.32 Å². The van der Waals surface area contributed by atoms with Crippen LogP contribution < -0.4 is 15.8 Å². The van der Waals surface area contributed by atoms with Crippen LogP contribution in [0.4, 0.5) is 8.78 Å². The molecule has 2 aliphatic carbocycles. The maximum atomic E-state index is 13.9. The lowest BCUT2D eigenvalue weighted by Gasteiger charge is -2.52. The van der Waals surface area contributed by atoms with Gasteiger partial charge in [0.25, 0.3) is 11.8 Å². The van der Waals surface area contributed by atoms with Crippen LogP contribution in [-0.2, 0) is 6.54 Å². The topological polar surface area (TPSA) is 94.9 Å². The van der Waals surface area contributed by atoms with Gasteiger partial charge in [0.2, 0.25) is 5.43 Å². The molecule has 0 saturated heterocycles. The van der Waals surface area contributed by atoms with Gasteiger partial charge in [0.1, 0.15) is 22.9 Å². The highest BCUT2D eigenvalue weighted by atomic mass is 19.1. The first-order valence-electron chi connectivity index (χ1n) is 10.4. The number of aromatic nitrogens is 1. The second-order valence-electron chi connectivity index (χ2n) is 8.74. The third kappa shape index (κ3) is 2.68. The average molecular weight is 444 g/mol. The maximum Gasteiger partial charge on any atom is 0.278 e. The SMILES string of the molecule is CN1C(=O)c2c(O)c(=O)c(C(=O)NCc3ccc(F)cc3F)cn2N(C)C12CCC1CC12. The number of fused-ring (bicyclic) bond motifs is 3. The zero-order chi connectivity index (χ0) is 22.9. The van der Waals surface area contributed by atoms with Crippen LogP contribution in [-0.4, -0.2) is 46.3 Å². The summed E-state index contributed by atoms with van der Waals surface area (Å²) in [5.74, 6) is -2.88. The molecule has 3 atom stereocenters. The van der Waals surface area contributed by atoms with Gasteiger partial charge in [-0.2, -0.15) is 0 Å². The van der Waals surface area contributed by atoms with Crippen LogP contribution in [0.3, 0.4) is 0 Å². The molecule has 5 rings (SSSR count). The number of aromatic hydroxyl groups is 1. The van der Waals surface area contributed by atoms with E-state index < -0.39 is 40.3 Å². The van der Waals surface area contributed by atoms with Crippen molar-refractivity contribution in [2.24, 2.45) is 11.8 Å². The summed E-state index contributed by atoms with van der Waals surface area (Å²) in [6.07, 6.45) is 3.97. The van der Waals surface area contributed by atoms with E-state index in [9.17, 15) is 28.3 Å². The van der Waals surface area contributed by atoms with E-state index >= 15 is 0 Å². The Morgan fingerprint density at radius 1 is 1.28 bits per heavy atom. The molecular formula is C22H22F2N4O4. The van der Waals surface area contributed by atoms with Gasteiger partial charge in [-0.3, -0.25) is 24.1 Å². The van der Waals surface area contributed by atoms with Crippen LogP contribution in [0.15, 0.2) is 29.2 Å². The minimum atomic E-state index is -0.991. The van der Waals surface area contributed by atoms with Crippen molar-refractivity contribution < 1.29 is 23.5 Å². The number of carbonyl (C=O) groups is 2. The second kappa shape index (κ2) is 6.78. The van der Waals surface area contributed by atoms with Gasteiger partial charge in [-0.25, -0.2) is 8.78 Å². The molecule has 1 aromatic heterocycles. The van der Waals surface area contributed by atoms with E-state index in [1.807, 2.05) is 5.01 Å². The fourth-order valence-corrected chi connectivity index (χ4v) is 5.40. The number of nitrogens with zero attached hydrogens (tertiary/aromatic N) is 3. The molecule has 32 heavy (non-hydrogen) atoms. The number of halogens is 2. The number of benzene rings is 1. The Morgan fingerprint density at radius 3 is 2.66 bits per heavy atom. The van der Waals surface area contributed by atoms with Gasteiger partial charge < -0.3 is 15.3 Å². The zero-order valence-electron chi connectivity index (χ0n) is 17.6. The summed E-state index contributed by atoms with van der Waals surface area (Å²) in [5.41, 5.74) is -2.11. The molecule has 3 unspecified atom stereocenters. The number of rotatable bonds is 3. The highest BCUT2D eigenvalue weighted by molar-refractivity contribution is 5.99. The van der Waals surface area contributed by atoms with Gasteiger partial charge in [0.05, 0.1) is 0 Å². The lowest BCUT2D eigenvalue weighted by atomic mass is 9.98. The molecule has 2 heterocycles. The summed E-state index contributed by atoms with van der Waals surface area (Å²) >= 11 is 0. The monoisotopic (exact) mass is 444 g/mol. The van der Waals surface area contributed by atoms with Gasteiger partial charge >= 0.3 is 0 Å². The van der Waals surface area contributed by atoms with E-state index in [1.165, 1.54) is 16.9 Å². The largest absolute Gasteiger partial charge is 0.502 e. The number of hydrogen-bond acceptors (Lipinski definition) is 5. The third-order valence-corrected chi connectivity index (χ3v) is 7.23. The van der Waals surface area contributed by atoms with Crippen LogP contribution in [0.1, 0.15) is 45.7 Å². The predicted molar refractivity (Wildman–Crippen MR) is 110 cm³/mol. The Balaban J connectivity index is 1.51. The molecule has 0 radical (unpaired) electrons. The van der Waals surface area contributed by atoms with E-state index in [1.54, 1.807) is 19.0 Å². The Morgan fingerprint density at radius 2 is 2.03 bits per heavy atom. The van der Waals surface area contributed by atoms with Crippen molar-refractivity contribution in [1.29, 1.82) is 0 Å². The molecule has 3 aliphatic rings. The van der Waals surface area contributed by atoms with Gasteiger partial charge in [0, 0.05) is 44.4 Å². The van der Waals surface area contributed by atoms with Crippen LogP contribution in [0.5, 0.6) is 5.75 Å². The van der Waals surface area contributed by atoms with E-state index in [-0.39, 0.29) is 29.3 Å². The highest BCUT2D eigenvalue weighted by Crippen LogP contribution is 2.61. The fraction of sp³-hybridized carbons (Fsp3) is 0.409. The molecule has 2 aromatic rings. The quantitative estimate of drug-likeness (QED) is 0.749. The molecule has 1 aromatic carbocycles. The van der Waals surface area contributed by atoms with Crippen LogP contribution in [0.25, 0.3) is 0 Å². The molecule has 8 nitrogen and oxygen atoms in total. The first-order chi connectivity index (χ1) is 15.2. The third-order valence-electron chi connectivity index (χ3n) is 7.23. The van der Waals surface area contributed by atoms with Gasteiger partial charge in [-0.1, -0.05) is 6.07 Å². The van der Waals surface area contributed by atoms with E-state index in [4.69, 9.17) is 0 Å². The Kier molecular flexibility index (Phi) is 4.34.